The van der Waals surface area contributed by atoms with Crippen LogP contribution in [-0.4, -0.2) is 20.3 Å². The average Bonchev–Trinajstić information content (AvgIpc) is 2.37. The quantitative estimate of drug-likeness (QED) is 0.606. The average molecular weight is 348 g/mol. The van der Waals surface area contributed by atoms with Gasteiger partial charge >= 0.3 is 0 Å². The molecular weight excluding hydrogens is 326 g/mol. The zero-order valence-corrected chi connectivity index (χ0v) is 14.1. The van der Waals surface area contributed by atoms with Gasteiger partial charge in [0.25, 0.3) is 0 Å². The molecule has 0 saturated heterocycles. The van der Waals surface area contributed by atoms with Gasteiger partial charge in [-0.15, -0.1) is 0 Å². The van der Waals surface area contributed by atoms with Crippen molar-refractivity contribution in [2.75, 3.05) is 11.9 Å². The molecule has 0 spiro atoms. The minimum absolute atomic E-state index is 0.351. The predicted octanol–water partition coefficient (Wildman–Crippen LogP) is 3.39. The molecule has 0 aliphatic heterocycles. The highest BCUT2D eigenvalue weighted by atomic mass is 79.9. The SMILES string of the molecule is Cc1ccc(S(=O)(=O)NCCCC(C)CBr)cc1C. The summed E-state index contributed by atoms with van der Waals surface area (Å²) in [6.45, 7) is 6.53. The maximum absolute atomic E-state index is 12.1. The highest BCUT2D eigenvalue weighted by molar-refractivity contribution is 9.09. The molecule has 1 atom stereocenters. The zero-order valence-electron chi connectivity index (χ0n) is 11.7. The molecule has 0 bridgehead atoms. The predicted molar refractivity (Wildman–Crippen MR) is 83.3 cm³/mol. The molecule has 0 fully saturated rings. The maximum atomic E-state index is 12.1. The monoisotopic (exact) mass is 347 g/mol. The Morgan fingerprint density at radius 3 is 2.53 bits per heavy atom. The van der Waals surface area contributed by atoms with E-state index in [2.05, 4.69) is 27.6 Å². The first-order chi connectivity index (χ1) is 8.86. The molecule has 19 heavy (non-hydrogen) atoms. The summed E-state index contributed by atoms with van der Waals surface area (Å²) >= 11 is 3.42. The van der Waals surface area contributed by atoms with Crippen molar-refractivity contribution in [3.8, 4) is 0 Å². The summed E-state index contributed by atoms with van der Waals surface area (Å²) in [7, 11) is -3.37. The molecule has 5 heteroatoms. The van der Waals surface area contributed by atoms with Gasteiger partial charge in [0.2, 0.25) is 10.0 Å². The highest BCUT2D eigenvalue weighted by Gasteiger charge is 2.13. The van der Waals surface area contributed by atoms with Crippen LogP contribution in [0, 0.1) is 19.8 Å². The fourth-order valence-electron chi connectivity index (χ4n) is 1.70. The van der Waals surface area contributed by atoms with Gasteiger partial charge in [-0.25, -0.2) is 13.1 Å². The van der Waals surface area contributed by atoms with Gasteiger partial charge in [-0.2, -0.15) is 0 Å². The summed E-state index contributed by atoms with van der Waals surface area (Å²) in [5.41, 5.74) is 2.10. The number of hydrogen-bond acceptors (Lipinski definition) is 2. The van der Waals surface area contributed by atoms with E-state index in [4.69, 9.17) is 0 Å². The second-order valence-electron chi connectivity index (χ2n) is 5.05. The second kappa shape index (κ2) is 7.41. The van der Waals surface area contributed by atoms with Crippen LogP contribution in [0.3, 0.4) is 0 Å². The molecule has 0 radical (unpaired) electrons. The number of alkyl halides is 1. The Balaban J connectivity index is 2.58. The topological polar surface area (TPSA) is 46.2 Å². The lowest BCUT2D eigenvalue weighted by molar-refractivity contribution is 0.546. The third-order valence-electron chi connectivity index (χ3n) is 3.22. The first-order valence-electron chi connectivity index (χ1n) is 6.49. The zero-order chi connectivity index (χ0) is 14.5. The Morgan fingerprint density at radius 1 is 1.26 bits per heavy atom. The van der Waals surface area contributed by atoms with Crippen LogP contribution in [0.2, 0.25) is 0 Å². The third-order valence-corrected chi connectivity index (χ3v) is 5.78. The molecule has 1 rings (SSSR count). The number of halogens is 1. The Morgan fingerprint density at radius 2 is 1.95 bits per heavy atom. The molecule has 1 aromatic rings. The number of nitrogens with one attached hydrogen (secondary N) is 1. The van der Waals surface area contributed by atoms with Crippen LogP contribution in [0.15, 0.2) is 23.1 Å². The van der Waals surface area contributed by atoms with Gasteiger partial charge in [0.1, 0.15) is 0 Å². The van der Waals surface area contributed by atoms with Crippen molar-refractivity contribution in [2.45, 2.75) is 38.5 Å². The van der Waals surface area contributed by atoms with Crippen LogP contribution >= 0.6 is 15.9 Å². The number of hydrogen-bond donors (Lipinski definition) is 1. The van der Waals surface area contributed by atoms with Crippen LogP contribution < -0.4 is 4.72 Å². The number of rotatable bonds is 7. The van der Waals surface area contributed by atoms with Gasteiger partial charge in [0.15, 0.2) is 0 Å². The van der Waals surface area contributed by atoms with Crippen molar-refractivity contribution in [3.05, 3.63) is 29.3 Å². The largest absolute Gasteiger partial charge is 0.240 e. The van der Waals surface area contributed by atoms with Gasteiger partial charge in [-0.1, -0.05) is 28.9 Å². The van der Waals surface area contributed by atoms with Crippen LogP contribution in [0.5, 0.6) is 0 Å². The molecule has 0 aliphatic rings. The fourth-order valence-corrected chi connectivity index (χ4v) is 3.18. The molecule has 0 heterocycles. The van der Waals surface area contributed by atoms with Crippen molar-refractivity contribution < 1.29 is 8.42 Å². The summed E-state index contributed by atoms with van der Waals surface area (Å²) < 4.78 is 26.8. The summed E-state index contributed by atoms with van der Waals surface area (Å²) in [4.78, 5) is 0.351. The Hall–Kier alpha value is -0.390. The van der Waals surface area contributed by atoms with Crippen molar-refractivity contribution in [1.82, 2.24) is 4.72 Å². The Labute approximate surface area is 125 Å². The van der Waals surface area contributed by atoms with E-state index in [-0.39, 0.29) is 0 Å². The van der Waals surface area contributed by atoms with E-state index < -0.39 is 10.0 Å². The summed E-state index contributed by atoms with van der Waals surface area (Å²) in [6.07, 6.45) is 1.87. The maximum Gasteiger partial charge on any atom is 0.240 e. The van der Waals surface area contributed by atoms with E-state index >= 15 is 0 Å². The van der Waals surface area contributed by atoms with Gasteiger partial charge in [0, 0.05) is 11.9 Å². The van der Waals surface area contributed by atoms with Crippen LogP contribution in [-0.2, 0) is 10.0 Å². The number of sulfonamides is 1. The number of benzene rings is 1. The lowest BCUT2D eigenvalue weighted by Crippen LogP contribution is -2.25. The molecule has 0 saturated carbocycles. The van der Waals surface area contributed by atoms with Gasteiger partial charge in [-0.05, 0) is 55.9 Å². The van der Waals surface area contributed by atoms with E-state index in [1.165, 1.54) is 0 Å². The summed E-state index contributed by atoms with van der Waals surface area (Å²) in [6, 6.07) is 5.22. The standard InChI is InChI=1S/C14H22BrNO2S/c1-11(10-15)5-4-8-16-19(17,18)14-7-6-12(2)13(3)9-14/h6-7,9,11,16H,4-5,8,10H2,1-3H3. The van der Waals surface area contributed by atoms with Crippen molar-refractivity contribution in [3.63, 3.8) is 0 Å². The Bertz CT molecular complexity index is 514. The summed E-state index contributed by atoms with van der Waals surface area (Å²) in [5, 5.41) is 0.955. The lowest BCUT2D eigenvalue weighted by Gasteiger charge is -2.10. The molecule has 1 unspecified atom stereocenters. The first kappa shape index (κ1) is 16.7. The van der Waals surface area contributed by atoms with E-state index in [1.807, 2.05) is 19.9 Å². The highest BCUT2D eigenvalue weighted by Crippen LogP contribution is 2.15. The molecular formula is C14H22BrNO2S. The van der Waals surface area contributed by atoms with Crippen LogP contribution in [0.4, 0.5) is 0 Å². The van der Waals surface area contributed by atoms with E-state index in [1.54, 1.807) is 12.1 Å². The van der Waals surface area contributed by atoms with E-state index in [0.717, 1.165) is 29.3 Å². The smallest absolute Gasteiger partial charge is 0.211 e. The van der Waals surface area contributed by atoms with Crippen molar-refractivity contribution in [1.29, 1.82) is 0 Å². The minimum atomic E-state index is -3.37. The molecule has 108 valence electrons. The van der Waals surface area contributed by atoms with Gasteiger partial charge in [0.05, 0.1) is 4.90 Å². The second-order valence-corrected chi connectivity index (χ2v) is 7.46. The van der Waals surface area contributed by atoms with Crippen LogP contribution in [0.25, 0.3) is 0 Å². The van der Waals surface area contributed by atoms with Crippen molar-refractivity contribution >= 4 is 26.0 Å². The van der Waals surface area contributed by atoms with Gasteiger partial charge < -0.3 is 0 Å². The van der Waals surface area contributed by atoms with Gasteiger partial charge in [-0.3, -0.25) is 0 Å². The fraction of sp³-hybridized carbons (Fsp3) is 0.571. The third kappa shape index (κ3) is 5.24. The molecule has 0 amide bonds. The normalized spacial score (nSPS) is 13.5. The molecule has 3 nitrogen and oxygen atoms in total. The number of aryl methyl sites for hydroxylation is 2. The molecule has 0 aromatic heterocycles. The minimum Gasteiger partial charge on any atom is -0.211 e. The first-order valence-corrected chi connectivity index (χ1v) is 9.10. The summed E-state index contributed by atoms with van der Waals surface area (Å²) in [5.74, 6) is 0.575. The molecule has 1 aromatic carbocycles. The van der Waals surface area contributed by atoms with E-state index in [9.17, 15) is 8.42 Å². The van der Waals surface area contributed by atoms with Crippen LogP contribution in [0.1, 0.15) is 30.9 Å². The van der Waals surface area contributed by atoms with E-state index in [0.29, 0.717) is 17.4 Å². The Kier molecular flexibility index (Phi) is 6.50. The van der Waals surface area contributed by atoms with Crippen molar-refractivity contribution in [2.24, 2.45) is 5.92 Å². The molecule has 0 aliphatic carbocycles. The lowest BCUT2D eigenvalue weighted by atomic mass is 10.1. The molecule has 1 N–H and O–H groups in total.